The van der Waals surface area contributed by atoms with Crippen molar-refractivity contribution in [2.75, 3.05) is 6.54 Å². The first-order valence-corrected chi connectivity index (χ1v) is 7.03. The van der Waals surface area contributed by atoms with Gasteiger partial charge in [-0.2, -0.15) is 0 Å². The molecule has 102 valence electrons. The quantitative estimate of drug-likeness (QED) is 0.905. The molecule has 0 spiro atoms. The van der Waals surface area contributed by atoms with Crippen LogP contribution in [0.15, 0.2) is 18.2 Å². The number of carbonyl (C=O) groups excluding carboxylic acids is 1. The Labute approximate surface area is 115 Å². The van der Waals surface area contributed by atoms with Gasteiger partial charge in [-0.05, 0) is 38.0 Å². The lowest BCUT2D eigenvalue weighted by Crippen LogP contribution is -2.28. The van der Waals surface area contributed by atoms with Crippen molar-refractivity contribution >= 4 is 27.3 Å². The molecule has 0 saturated heterocycles. The highest BCUT2D eigenvalue weighted by Crippen LogP contribution is 2.32. The van der Waals surface area contributed by atoms with E-state index in [-0.39, 0.29) is 17.8 Å². The molecule has 0 radical (unpaired) electrons. The summed E-state index contributed by atoms with van der Waals surface area (Å²) in [5.41, 5.74) is 6.34. The lowest BCUT2D eigenvalue weighted by Gasteiger charge is -2.06. The predicted molar refractivity (Wildman–Crippen MR) is 77.1 cm³/mol. The van der Waals surface area contributed by atoms with Crippen molar-refractivity contribution < 1.29 is 9.18 Å². The molecule has 0 aliphatic rings. The Morgan fingerprint density at radius 1 is 1.53 bits per heavy atom. The van der Waals surface area contributed by atoms with Crippen LogP contribution in [0.2, 0.25) is 0 Å². The number of amides is 1. The zero-order valence-electron chi connectivity index (χ0n) is 11.0. The summed E-state index contributed by atoms with van der Waals surface area (Å²) < 4.78 is 14.5. The van der Waals surface area contributed by atoms with Crippen molar-refractivity contribution in [3.05, 3.63) is 34.5 Å². The summed E-state index contributed by atoms with van der Waals surface area (Å²) in [7, 11) is 0. The Bertz CT molecular complexity index is 607. The van der Waals surface area contributed by atoms with Crippen LogP contribution in [0.4, 0.5) is 4.39 Å². The summed E-state index contributed by atoms with van der Waals surface area (Å²) in [5, 5.41) is 3.37. The topological polar surface area (TPSA) is 55.1 Å². The molecule has 0 aliphatic heterocycles. The van der Waals surface area contributed by atoms with E-state index >= 15 is 0 Å². The van der Waals surface area contributed by atoms with Crippen LogP contribution >= 0.6 is 11.3 Å². The minimum atomic E-state index is -0.277. The Kier molecular flexibility index (Phi) is 4.17. The molecular weight excluding hydrogens is 263 g/mol. The van der Waals surface area contributed by atoms with Gasteiger partial charge in [-0.1, -0.05) is 6.07 Å². The standard InChI is InChI=1S/C14H17FN2OS/c1-8(16)6-7-17-14(18)13-9(2)12-10(15)4-3-5-11(12)19-13/h3-5,8H,6-7,16H2,1-2H3,(H,17,18). The molecule has 0 saturated carbocycles. The molecule has 0 aliphatic carbocycles. The summed E-state index contributed by atoms with van der Waals surface area (Å²) in [6, 6.07) is 4.96. The van der Waals surface area contributed by atoms with E-state index in [2.05, 4.69) is 5.32 Å². The number of fused-ring (bicyclic) bond motifs is 1. The highest BCUT2D eigenvalue weighted by molar-refractivity contribution is 7.21. The van der Waals surface area contributed by atoms with Crippen molar-refractivity contribution in [1.29, 1.82) is 0 Å². The van der Waals surface area contributed by atoms with E-state index in [9.17, 15) is 9.18 Å². The fourth-order valence-electron chi connectivity index (χ4n) is 1.96. The maximum absolute atomic E-state index is 13.7. The summed E-state index contributed by atoms with van der Waals surface area (Å²) in [6.45, 7) is 4.21. The largest absolute Gasteiger partial charge is 0.351 e. The molecule has 3 N–H and O–H groups in total. The van der Waals surface area contributed by atoms with Crippen LogP contribution in [0.25, 0.3) is 10.1 Å². The highest BCUT2D eigenvalue weighted by atomic mass is 32.1. The average molecular weight is 280 g/mol. The molecule has 2 aromatic rings. The third-order valence-corrected chi connectivity index (χ3v) is 4.25. The minimum absolute atomic E-state index is 0.0567. The highest BCUT2D eigenvalue weighted by Gasteiger charge is 2.17. The number of rotatable bonds is 4. The van der Waals surface area contributed by atoms with Gasteiger partial charge in [0.1, 0.15) is 5.82 Å². The zero-order valence-corrected chi connectivity index (χ0v) is 11.8. The Morgan fingerprint density at radius 3 is 2.89 bits per heavy atom. The molecule has 1 amide bonds. The number of aryl methyl sites for hydroxylation is 1. The fourth-order valence-corrected chi connectivity index (χ4v) is 3.10. The molecule has 1 heterocycles. The van der Waals surface area contributed by atoms with Crippen LogP contribution in [0, 0.1) is 12.7 Å². The second-order valence-corrected chi connectivity index (χ2v) is 5.74. The molecule has 1 unspecified atom stereocenters. The van der Waals surface area contributed by atoms with Gasteiger partial charge < -0.3 is 11.1 Å². The van der Waals surface area contributed by atoms with Crippen molar-refractivity contribution in [3.63, 3.8) is 0 Å². The van der Waals surface area contributed by atoms with Gasteiger partial charge in [-0.3, -0.25) is 4.79 Å². The lowest BCUT2D eigenvalue weighted by molar-refractivity contribution is 0.0956. The van der Waals surface area contributed by atoms with Crippen molar-refractivity contribution in [2.24, 2.45) is 5.73 Å². The molecule has 0 bridgehead atoms. The van der Waals surface area contributed by atoms with Crippen molar-refractivity contribution in [1.82, 2.24) is 5.32 Å². The van der Waals surface area contributed by atoms with Gasteiger partial charge in [-0.15, -0.1) is 11.3 Å². The van der Waals surface area contributed by atoms with Crippen LogP contribution in [0.3, 0.4) is 0 Å². The monoisotopic (exact) mass is 280 g/mol. The predicted octanol–water partition coefficient (Wildman–Crippen LogP) is 2.82. The van der Waals surface area contributed by atoms with Gasteiger partial charge in [0.2, 0.25) is 0 Å². The van der Waals surface area contributed by atoms with Gasteiger partial charge in [0.15, 0.2) is 0 Å². The minimum Gasteiger partial charge on any atom is -0.351 e. The van der Waals surface area contributed by atoms with Crippen LogP contribution in [0.1, 0.15) is 28.6 Å². The second kappa shape index (κ2) is 5.67. The molecule has 19 heavy (non-hydrogen) atoms. The number of halogens is 1. The van der Waals surface area contributed by atoms with Crippen LogP contribution in [0.5, 0.6) is 0 Å². The number of hydrogen-bond donors (Lipinski definition) is 2. The zero-order chi connectivity index (χ0) is 14.0. The van der Waals surface area contributed by atoms with Gasteiger partial charge >= 0.3 is 0 Å². The van der Waals surface area contributed by atoms with E-state index in [1.807, 2.05) is 13.0 Å². The lowest BCUT2D eigenvalue weighted by atomic mass is 10.1. The van der Waals surface area contributed by atoms with E-state index in [1.165, 1.54) is 17.4 Å². The fraction of sp³-hybridized carbons (Fsp3) is 0.357. The van der Waals surface area contributed by atoms with E-state index in [1.54, 1.807) is 13.0 Å². The first kappa shape index (κ1) is 14.0. The summed E-state index contributed by atoms with van der Waals surface area (Å²) in [4.78, 5) is 12.6. The van der Waals surface area contributed by atoms with Crippen LogP contribution in [-0.4, -0.2) is 18.5 Å². The molecule has 2 rings (SSSR count). The smallest absolute Gasteiger partial charge is 0.261 e. The van der Waals surface area contributed by atoms with Crippen LogP contribution in [-0.2, 0) is 0 Å². The first-order valence-electron chi connectivity index (χ1n) is 6.22. The molecule has 1 aromatic heterocycles. The summed E-state index contributed by atoms with van der Waals surface area (Å²) in [5.74, 6) is -0.431. The Morgan fingerprint density at radius 2 is 2.26 bits per heavy atom. The summed E-state index contributed by atoms with van der Waals surface area (Å²) in [6.07, 6.45) is 0.726. The maximum Gasteiger partial charge on any atom is 0.261 e. The number of thiophene rings is 1. The first-order chi connectivity index (χ1) is 9.00. The summed E-state index contributed by atoms with van der Waals surface area (Å²) >= 11 is 1.32. The van der Waals surface area contributed by atoms with E-state index in [0.717, 1.165) is 11.1 Å². The maximum atomic E-state index is 13.7. The third-order valence-electron chi connectivity index (χ3n) is 2.99. The van der Waals surface area contributed by atoms with Gasteiger partial charge in [0.05, 0.1) is 4.88 Å². The number of hydrogen-bond acceptors (Lipinski definition) is 3. The molecule has 1 aromatic carbocycles. The SMILES string of the molecule is Cc1c(C(=O)NCCC(C)N)sc2cccc(F)c12. The third kappa shape index (κ3) is 2.93. The van der Waals surface area contributed by atoms with E-state index < -0.39 is 0 Å². The second-order valence-electron chi connectivity index (χ2n) is 4.69. The van der Waals surface area contributed by atoms with Gasteiger partial charge in [0.25, 0.3) is 5.91 Å². The van der Waals surface area contributed by atoms with E-state index in [4.69, 9.17) is 5.73 Å². The Hall–Kier alpha value is -1.46. The van der Waals surface area contributed by atoms with E-state index in [0.29, 0.717) is 22.4 Å². The molecule has 3 nitrogen and oxygen atoms in total. The molecular formula is C14H17FN2OS. The molecule has 0 fully saturated rings. The molecule has 1 atom stereocenters. The van der Waals surface area contributed by atoms with Crippen molar-refractivity contribution in [2.45, 2.75) is 26.3 Å². The number of nitrogens with two attached hydrogens (primary N) is 1. The van der Waals surface area contributed by atoms with Gasteiger partial charge in [-0.25, -0.2) is 4.39 Å². The number of carbonyl (C=O) groups is 1. The normalized spacial score (nSPS) is 12.6. The number of nitrogens with one attached hydrogen (secondary N) is 1. The molecule has 5 heteroatoms. The van der Waals surface area contributed by atoms with Gasteiger partial charge in [0, 0.05) is 22.7 Å². The Balaban J connectivity index is 2.23. The van der Waals surface area contributed by atoms with Crippen molar-refractivity contribution in [3.8, 4) is 0 Å². The van der Waals surface area contributed by atoms with Crippen LogP contribution < -0.4 is 11.1 Å². The average Bonchev–Trinajstić information content (AvgIpc) is 2.67. The number of benzene rings is 1.